The van der Waals surface area contributed by atoms with Gasteiger partial charge in [0.15, 0.2) is 5.76 Å². The second-order valence-electron chi connectivity index (χ2n) is 5.81. The molecule has 0 aliphatic heterocycles. The predicted molar refractivity (Wildman–Crippen MR) is 86.4 cm³/mol. The first-order valence-electron chi connectivity index (χ1n) is 8.32. The molecule has 0 aliphatic carbocycles. The molecule has 1 rings (SSSR count). The Balaban J connectivity index is 2.53. The molecule has 3 N–H and O–H groups in total. The molecule has 1 heterocycles. The molecule has 0 unspecified atom stereocenters. The van der Waals surface area contributed by atoms with Crippen LogP contribution in [0.1, 0.15) is 48.9 Å². The molecule has 0 spiro atoms. The van der Waals surface area contributed by atoms with Crippen LogP contribution in [0.25, 0.3) is 0 Å². The number of nitrogens with one attached hydrogen (secondary N) is 2. The molecule has 1 aromatic rings. The maximum absolute atomic E-state index is 12.4. The Kier molecular flexibility index (Phi) is 8.79. The Bertz CT molecular complexity index is 633. The molecule has 152 valence electrons. The fraction of sp³-hybridized carbons (Fsp3) is 0.562. The van der Waals surface area contributed by atoms with E-state index in [4.69, 9.17) is 0 Å². The molecule has 11 heteroatoms. The van der Waals surface area contributed by atoms with Crippen LogP contribution in [-0.2, 0) is 15.8 Å². The van der Waals surface area contributed by atoms with Crippen LogP contribution in [0.15, 0.2) is 16.5 Å². The Morgan fingerprint density at radius 2 is 2.00 bits per heavy atom. The number of hydroxylamine groups is 2. The third kappa shape index (κ3) is 7.69. The quantitative estimate of drug-likeness (QED) is 0.175. The second kappa shape index (κ2) is 10.6. The number of amides is 3. The molecular formula is C16H22F3N3O5. The van der Waals surface area contributed by atoms with Gasteiger partial charge < -0.3 is 15.1 Å². The van der Waals surface area contributed by atoms with E-state index < -0.39 is 35.4 Å². The van der Waals surface area contributed by atoms with Gasteiger partial charge in [-0.2, -0.15) is 13.2 Å². The lowest BCUT2D eigenvalue weighted by Gasteiger charge is -2.19. The highest BCUT2D eigenvalue weighted by atomic mass is 19.4. The number of hydrogen-bond donors (Lipinski definition) is 3. The van der Waals surface area contributed by atoms with Crippen molar-refractivity contribution in [1.29, 1.82) is 0 Å². The van der Waals surface area contributed by atoms with Crippen LogP contribution in [0.3, 0.4) is 0 Å². The van der Waals surface area contributed by atoms with Gasteiger partial charge in [0.2, 0.25) is 18.1 Å². The molecule has 0 saturated carbocycles. The standard InChI is InChI=1S/C16H22F3N3O5/c1-2-3-4-5-11(8-22(26)10-23)14(24)20-9-21-15(25)12-6-7-13(27-12)16(17,18)19/h6-7,10-11,26H,2-5,8-9H2,1H3,(H,20,24)(H,21,25)/t11-/m1/s1. The number of nitrogens with zero attached hydrogens (tertiary/aromatic N) is 1. The van der Waals surface area contributed by atoms with Gasteiger partial charge in [-0.3, -0.25) is 19.6 Å². The molecule has 0 fully saturated rings. The van der Waals surface area contributed by atoms with Crippen molar-refractivity contribution < 1.29 is 37.2 Å². The largest absolute Gasteiger partial charge is 0.449 e. The van der Waals surface area contributed by atoms with E-state index in [1.54, 1.807) is 0 Å². The molecular weight excluding hydrogens is 371 g/mol. The predicted octanol–water partition coefficient (Wildman–Crippen LogP) is 2.15. The summed E-state index contributed by atoms with van der Waals surface area (Å²) in [7, 11) is 0. The lowest BCUT2D eigenvalue weighted by Crippen LogP contribution is -2.42. The third-order valence-corrected chi connectivity index (χ3v) is 3.68. The van der Waals surface area contributed by atoms with E-state index in [0.29, 0.717) is 24.0 Å². The maximum Gasteiger partial charge on any atom is 0.449 e. The van der Waals surface area contributed by atoms with Crippen LogP contribution in [0.4, 0.5) is 13.2 Å². The fourth-order valence-corrected chi connectivity index (χ4v) is 2.27. The van der Waals surface area contributed by atoms with Gasteiger partial charge in [0.25, 0.3) is 5.91 Å². The molecule has 0 aliphatic rings. The maximum atomic E-state index is 12.4. The lowest BCUT2D eigenvalue weighted by atomic mass is 10.0. The summed E-state index contributed by atoms with van der Waals surface area (Å²) in [5.74, 6) is -3.97. The summed E-state index contributed by atoms with van der Waals surface area (Å²) in [6, 6.07) is 1.51. The summed E-state index contributed by atoms with van der Waals surface area (Å²) in [4.78, 5) is 34.4. The van der Waals surface area contributed by atoms with E-state index in [2.05, 4.69) is 15.1 Å². The van der Waals surface area contributed by atoms with Gasteiger partial charge >= 0.3 is 6.18 Å². The number of rotatable bonds is 11. The summed E-state index contributed by atoms with van der Waals surface area (Å²) in [6.45, 7) is 1.42. The minimum Gasteiger partial charge on any atom is -0.446 e. The van der Waals surface area contributed by atoms with Crippen LogP contribution in [0.2, 0.25) is 0 Å². The third-order valence-electron chi connectivity index (χ3n) is 3.68. The van der Waals surface area contributed by atoms with Crippen LogP contribution in [0.5, 0.6) is 0 Å². The van der Waals surface area contributed by atoms with E-state index in [1.165, 1.54) is 0 Å². The average molecular weight is 393 g/mol. The van der Waals surface area contributed by atoms with Crippen molar-refractivity contribution in [2.75, 3.05) is 13.2 Å². The average Bonchev–Trinajstić information content (AvgIpc) is 3.11. The zero-order chi connectivity index (χ0) is 20.4. The van der Waals surface area contributed by atoms with Gasteiger partial charge in [-0.15, -0.1) is 0 Å². The van der Waals surface area contributed by atoms with Crippen LogP contribution < -0.4 is 10.6 Å². The Labute approximate surface area is 153 Å². The van der Waals surface area contributed by atoms with Gasteiger partial charge in [0, 0.05) is 0 Å². The topological polar surface area (TPSA) is 112 Å². The number of halogens is 3. The number of carbonyl (C=O) groups excluding carboxylic acids is 3. The van der Waals surface area contributed by atoms with Crippen LogP contribution in [-0.4, -0.2) is 41.7 Å². The molecule has 3 amide bonds. The number of furan rings is 1. The van der Waals surface area contributed by atoms with Crippen molar-refractivity contribution in [3.05, 3.63) is 23.7 Å². The minimum atomic E-state index is -4.70. The van der Waals surface area contributed by atoms with Gasteiger partial charge in [-0.25, -0.2) is 5.06 Å². The summed E-state index contributed by atoms with van der Waals surface area (Å²) >= 11 is 0. The number of carbonyl (C=O) groups is 3. The SMILES string of the molecule is CCCCC[C@H](CN(O)C=O)C(=O)NCNC(=O)c1ccc(C(F)(F)F)o1. The first kappa shape index (κ1) is 22.5. The van der Waals surface area contributed by atoms with E-state index in [9.17, 15) is 32.8 Å². The molecule has 0 saturated heterocycles. The highest BCUT2D eigenvalue weighted by Crippen LogP contribution is 2.30. The van der Waals surface area contributed by atoms with Crippen molar-refractivity contribution in [2.45, 2.75) is 38.8 Å². The number of alkyl halides is 3. The monoisotopic (exact) mass is 393 g/mol. The highest BCUT2D eigenvalue weighted by Gasteiger charge is 2.35. The highest BCUT2D eigenvalue weighted by molar-refractivity contribution is 5.91. The smallest absolute Gasteiger partial charge is 0.446 e. The van der Waals surface area contributed by atoms with E-state index in [0.717, 1.165) is 18.9 Å². The normalized spacial score (nSPS) is 12.3. The van der Waals surface area contributed by atoms with Crippen LogP contribution >= 0.6 is 0 Å². The molecule has 1 aromatic heterocycles. The lowest BCUT2D eigenvalue weighted by molar-refractivity contribution is -0.154. The zero-order valence-corrected chi connectivity index (χ0v) is 14.7. The van der Waals surface area contributed by atoms with Crippen molar-refractivity contribution in [2.24, 2.45) is 5.92 Å². The minimum absolute atomic E-state index is 0.178. The van der Waals surface area contributed by atoms with Crippen molar-refractivity contribution >= 4 is 18.2 Å². The number of hydrogen-bond acceptors (Lipinski definition) is 5. The first-order valence-corrected chi connectivity index (χ1v) is 8.32. The van der Waals surface area contributed by atoms with Gasteiger partial charge in [0.1, 0.15) is 0 Å². The summed E-state index contributed by atoms with van der Waals surface area (Å²) < 4.78 is 41.7. The fourth-order valence-electron chi connectivity index (χ4n) is 2.27. The molecule has 1 atom stereocenters. The zero-order valence-electron chi connectivity index (χ0n) is 14.7. The Morgan fingerprint density at radius 3 is 2.56 bits per heavy atom. The summed E-state index contributed by atoms with van der Waals surface area (Å²) in [5.41, 5.74) is 0. The van der Waals surface area contributed by atoms with E-state index in [1.807, 2.05) is 6.92 Å². The Hall–Kier alpha value is -2.56. The molecule has 0 radical (unpaired) electrons. The molecule has 27 heavy (non-hydrogen) atoms. The second-order valence-corrected chi connectivity index (χ2v) is 5.81. The number of unbranched alkanes of at least 4 members (excludes halogenated alkanes) is 2. The first-order chi connectivity index (χ1) is 12.7. The van der Waals surface area contributed by atoms with Crippen molar-refractivity contribution in [1.82, 2.24) is 15.7 Å². The van der Waals surface area contributed by atoms with Gasteiger partial charge in [-0.1, -0.05) is 26.2 Å². The molecule has 0 bridgehead atoms. The Morgan fingerprint density at radius 1 is 1.30 bits per heavy atom. The van der Waals surface area contributed by atoms with Gasteiger partial charge in [0.05, 0.1) is 19.1 Å². The van der Waals surface area contributed by atoms with Crippen LogP contribution in [0, 0.1) is 5.92 Å². The summed E-state index contributed by atoms with van der Waals surface area (Å²) in [5, 5.41) is 14.2. The summed E-state index contributed by atoms with van der Waals surface area (Å²) in [6.07, 6.45) is -1.60. The molecule has 0 aromatic carbocycles. The van der Waals surface area contributed by atoms with Gasteiger partial charge in [-0.05, 0) is 18.6 Å². The van der Waals surface area contributed by atoms with Crippen molar-refractivity contribution in [3.8, 4) is 0 Å². The van der Waals surface area contributed by atoms with E-state index >= 15 is 0 Å². The molecule has 8 nitrogen and oxygen atoms in total. The van der Waals surface area contributed by atoms with E-state index in [-0.39, 0.29) is 19.6 Å². The van der Waals surface area contributed by atoms with Crippen molar-refractivity contribution in [3.63, 3.8) is 0 Å².